The van der Waals surface area contributed by atoms with E-state index in [1.165, 1.54) is 10.3 Å². The van der Waals surface area contributed by atoms with Crippen molar-refractivity contribution in [3.63, 3.8) is 0 Å². The first-order valence-electron chi connectivity index (χ1n) is 8.90. The Hall–Kier alpha value is -3.03. The summed E-state index contributed by atoms with van der Waals surface area (Å²) in [7, 11) is 4.07. The Morgan fingerprint density at radius 3 is 2.31 bits per heavy atom. The van der Waals surface area contributed by atoms with Gasteiger partial charge in [-0.3, -0.25) is 9.59 Å². The van der Waals surface area contributed by atoms with E-state index in [1.807, 2.05) is 43.3 Å². The van der Waals surface area contributed by atoms with Crippen molar-refractivity contribution in [2.24, 2.45) is 0 Å². The molecule has 0 fully saturated rings. The molecule has 0 N–H and O–H groups in total. The van der Waals surface area contributed by atoms with Gasteiger partial charge in [0.1, 0.15) is 16.5 Å². The average molecular weight is 424 g/mol. The Kier molecular flexibility index (Phi) is 5.42. The van der Waals surface area contributed by atoms with Crippen LogP contribution in [-0.4, -0.2) is 18.1 Å². The zero-order valence-electron chi connectivity index (χ0n) is 15.7. The maximum absolute atomic E-state index is 12.6. The summed E-state index contributed by atoms with van der Waals surface area (Å²) in [6.07, 6.45) is 0. The van der Waals surface area contributed by atoms with Crippen LogP contribution in [0.3, 0.4) is 0 Å². The number of hydrogen-bond acceptors (Lipinski definition) is 7. The van der Waals surface area contributed by atoms with E-state index in [2.05, 4.69) is 4.98 Å². The zero-order valence-corrected chi connectivity index (χ0v) is 17.4. The molecule has 7 heteroatoms. The molecule has 0 aliphatic heterocycles. The number of aromatic nitrogens is 1. The highest BCUT2D eigenvalue weighted by Gasteiger charge is 2.18. The van der Waals surface area contributed by atoms with Gasteiger partial charge in [0.15, 0.2) is 0 Å². The van der Waals surface area contributed by atoms with E-state index in [9.17, 15) is 9.59 Å². The smallest absolute Gasteiger partial charge is 0.337 e. The summed E-state index contributed by atoms with van der Waals surface area (Å²) in [5.41, 5.74) is 1.71. The number of methoxy groups -OCH3 is 1. The molecule has 0 radical (unpaired) electrons. The monoisotopic (exact) mass is 423 g/mol. The summed E-state index contributed by atoms with van der Waals surface area (Å²) in [6, 6.07) is 18.7. The molecule has 1 unspecified atom stereocenters. The molecular formula is C22H17NO4S2. The van der Waals surface area contributed by atoms with Crippen molar-refractivity contribution in [1.29, 1.82) is 0 Å². The van der Waals surface area contributed by atoms with Gasteiger partial charge >= 0.3 is 10.8 Å². The van der Waals surface area contributed by atoms with Gasteiger partial charge in [0.25, 0.3) is 0 Å². The normalized spacial score (nSPS) is 11.9. The van der Waals surface area contributed by atoms with Crippen LogP contribution in [0.2, 0.25) is 0 Å². The predicted octanol–water partition coefficient (Wildman–Crippen LogP) is 5.10. The van der Waals surface area contributed by atoms with Crippen molar-refractivity contribution >= 4 is 37.4 Å². The van der Waals surface area contributed by atoms with Crippen molar-refractivity contribution in [3.8, 4) is 22.1 Å². The number of hydrogen-bond donors (Lipinski definition) is 0. The maximum atomic E-state index is 12.6. The van der Waals surface area contributed by atoms with E-state index in [4.69, 9.17) is 9.47 Å². The number of rotatable bonds is 5. The summed E-state index contributed by atoms with van der Waals surface area (Å²) in [6.45, 7) is 1.83. The summed E-state index contributed by atoms with van der Waals surface area (Å²) in [4.78, 5) is 27.6. The van der Waals surface area contributed by atoms with E-state index < -0.39 is 5.92 Å². The molecule has 29 heavy (non-hydrogen) atoms. The van der Waals surface area contributed by atoms with Crippen molar-refractivity contribution in [3.05, 3.63) is 75.9 Å². The second-order valence-electron chi connectivity index (χ2n) is 6.49. The fraction of sp³-hybridized carbons (Fsp3) is 0.136. The van der Waals surface area contributed by atoms with E-state index in [0.29, 0.717) is 10.8 Å². The molecular weight excluding hydrogens is 406 g/mol. The Morgan fingerprint density at radius 2 is 1.62 bits per heavy atom. The lowest BCUT2D eigenvalue weighted by atomic mass is 9.98. The van der Waals surface area contributed by atoms with Crippen molar-refractivity contribution in [2.45, 2.75) is 12.8 Å². The third-order valence-corrected chi connectivity index (χ3v) is 6.58. The maximum Gasteiger partial charge on any atom is 0.337 e. The van der Waals surface area contributed by atoms with E-state index >= 15 is 0 Å². The Morgan fingerprint density at radius 1 is 0.931 bits per heavy atom. The molecule has 4 aromatic rings. The summed E-state index contributed by atoms with van der Waals surface area (Å²) in [5.74, 6) is 0.513. The molecule has 0 saturated heterocycles. The van der Waals surface area contributed by atoms with Crippen LogP contribution >= 0.6 is 20.7 Å². The molecule has 1 atom stereocenters. The third-order valence-electron chi connectivity index (χ3n) is 4.63. The molecule has 146 valence electrons. The fourth-order valence-corrected chi connectivity index (χ4v) is 4.60. The highest BCUT2D eigenvalue weighted by molar-refractivity contribution is 7.69. The highest BCUT2D eigenvalue weighted by Crippen LogP contribution is 2.28. The lowest BCUT2D eigenvalue weighted by molar-refractivity contribution is -0.135. The number of carbonyl (C=O) groups excluding carboxylic acids is 1. The standard InChI is InChI=1S/C22H17NO4S2/c1-13(15-3-4-17-12-19(26-2)10-7-16(17)11-15)21(24)27-18-8-5-14(6-9-18)20-23-22(25)29-28-20/h3-13H,1-2H3. The van der Waals surface area contributed by atoms with Crippen LogP contribution in [0.1, 0.15) is 18.4 Å². The molecule has 1 aromatic heterocycles. The molecule has 0 aliphatic carbocycles. The zero-order chi connectivity index (χ0) is 20.4. The summed E-state index contributed by atoms with van der Waals surface area (Å²) >= 11 is 0. The highest BCUT2D eigenvalue weighted by atomic mass is 32.9. The van der Waals surface area contributed by atoms with Gasteiger partial charge in [0.2, 0.25) is 0 Å². The number of esters is 1. The number of carbonyl (C=O) groups is 1. The van der Waals surface area contributed by atoms with Gasteiger partial charge in [-0.1, -0.05) is 34.6 Å². The number of ether oxygens (including phenoxy) is 2. The largest absolute Gasteiger partial charge is 0.497 e. The topological polar surface area (TPSA) is 65.5 Å². The number of nitrogens with zero attached hydrogens (tertiary/aromatic N) is 1. The van der Waals surface area contributed by atoms with Crippen molar-refractivity contribution < 1.29 is 14.3 Å². The average Bonchev–Trinajstić information content (AvgIpc) is 3.19. The lowest BCUT2D eigenvalue weighted by Gasteiger charge is -2.13. The minimum Gasteiger partial charge on any atom is -0.497 e. The molecule has 3 aromatic carbocycles. The van der Waals surface area contributed by atoms with E-state index in [0.717, 1.165) is 38.0 Å². The molecule has 0 spiro atoms. The van der Waals surface area contributed by atoms with Crippen molar-refractivity contribution in [1.82, 2.24) is 4.98 Å². The minimum atomic E-state index is -0.412. The Labute approximate surface area is 174 Å². The minimum absolute atomic E-state index is 0.205. The Bertz CT molecular complexity index is 1230. The van der Waals surface area contributed by atoms with Gasteiger partial charge < -0.3 is 9.47 Å². The second kappa shape index (κ2) is 8.14. The van der Waals surface area contributed by atoms with Crippen molar-refractivity contribution in [2.75, 3.05) is 7.11 Å². The fourth-order valence-electron chi connectivity index (χ4n) is 2.95. The Balaban J connectivity index is 1.49. The van der Waals surface area contributed by atoms with Crippen LogP contribution in [0.25, 0.3) is 21.3 Å². The first-order valence-corrected chi connectivity index (χ1v) is 11.1. The van der Waals surface area contributed by atoms with E-state index in [1.54, 1.807) is 31.4 Å². The van der Waals surface area contributed by atoms with Crippen LogP contribution in [-0.2, 0) is 4.79 Å². The third kappa shape index (κ3) is 4.21. The van der Waals surface area contributed by atoms with Crippen LogP contribution in [0.4, 0.5) is 0 Å². The number of benzene rings is 3. The van der Waals surface area contributed by atoms with Gasteiger partial charge in [0.05, 0.1) is 13.0 Å². The molecule has 1 heterocycles. The molecule has 0 saturated carbocycles. The second-order valence-corrected chi connectivity index (χ2v) is 8.56. The number of fused-ring (bicyclic) bond motifs is 1. The predicted molar refractivity (Wildman–Crippen MR) is 116 cm³/mol. The van der Waals surface area contributed by atoms with Crippen LogP contribution in [0.15, 0.2) is 65.5 Å². The lowest BCUT2D eigenvalue weighted by Crippen LogP contribution is -2.16. The molecule has 0 amide bonds. The molecule has 5 nitrogen and oxygen atoms in total. The summed E-state index contributed by atoms with van der Waals surface area (Å²) < 4.78 is 10.8. The van der Waals surface area contributed by atoms with Crippen LogP contribution in [0, 0.1) is 0 Å². The first kappa shape index (κ1) is 19.3. The van der Waals surface area contributed by atoms with E-state index in [-0.39, 0.29) is 10.8 Å². The first-order chi connectivity index (χ1) is 14.0. The molecule has 0 bridgehead atoms. The van der Waals surface area contributed by atoms with Gasteiger partial charge in [-0.25, -0.2) is 0 Å². The van der Waals surface area contributed by atoms with Gasteiger partial charge in [-0.2, -0.15) is 4.98 Å². The van der Waals surface area contributed by atoms with Crippen LogP contribution < -0.4 is 14.3 Å². The summed E-state index contributed by atoms with van der Waals surface area (Å²) in [5, 5.41) is 2.75. The van der Waals surface area contributed by atoms with Crippen LogP contribution in [0.5, 0.6) is 11.5 Å². The van der Waals surface area contributed by atoms with Gasteiger partial charge in [-0.05, 0) is 70.0 Å². The SMILES string of the molecule is COc1ccc2cc(C(C)C(=O)Oc3ccc(-c4nc(=O)ss4)cc3)ccc2c1. The molecule has 4 rings (SSSR count). The quantitative estimate of drug-likeness (QED) is 0.254. The van der Waals surface area contributed by atoms with Gasteiger partial charge in [0, 0.05) is 5.56 Å². The molecule has 0 aliphatic rings. The van der Waals surface area contributed by atoms with Gasteiger partial charge in [-0.15, -0.1) is 0 Å².